The number of aromatic nitrogens is 2. The van der Waals surface area contributed by atoms with Gasteiger partial charge in [0.1, 0.15) is 5.69 Å². The number of aryl methyl sites for hydroxylation is 1. The van der Waals surface area contributed by atoms with Crippen LogP contribution in [0.1, 0.15) is 26.5 Å². The van der Waals surface area contributed by atoms with E-state index in [9.17, 15) is 19.7 Å². The first-order valence-corrected chi connectivity index (χ1v) is 10.1. The van der Waals surface area contributed by atoms with E-state index in [-0.39, 0.29) is 22.9 Å². The molecular weight excluding hydrogens is 412 g/mol. The lowest BCUT2D eigenvalue weighted by molar-refractivity contribution is -0.384. The van der Waals surface area contributed by atoms with Gasteiger partial charge in [-0.3, -0.25) is 19.7 Å². The number of nitrogens with two attached hydrogens (primary N) is 1. The number of nitro benzene ring substituents is 1. The standard InChI is InChI=1S/C22H22N6O4/c1-25-9-8-24-22(25)20(29)16-4-7-18(19(14-16)28(31)32)27-12-10-26(11-13-27)17-5-2-15(3-6-17)21(23)30/h2-9,14H,10-13H2,1H3,(H2,23,30). The van der Waals surface area contributed by atoms with Crippen molar-refractivity contribution in [1.82, 2.24) is 9.55 Å². The zero-order valence-electron chi connectivity index (χ0n) is 17.5. The lowest BCUT2D eigenvalue weighted by Crippen LogP contribution is -2.46. The third-order valence-electron chi connectivity index (χ3n) is 5.60. The number of primary amides is 1. The van der Waals surface area contributed by atoms with Crippen LogP contribution in [0.3, 0.4) is 0 Å². The molecule has 0 unspecified atom stereocenters. The number of nitro groups is 1. The van der Waals surface area contributed by atoms with Crippen molar-refractivity contribution in [3.8, 4) is 0 Å². The predicted molar refractivity (Wildman–Crippen MR) is 119 cm³/mol. The maximum Gasteiger partial charge on any atom is 0.293 e. The fraction of sp³-hybridized carbons (Fsp3) is 0.227. The van der Waals surface area contributed by atoms with Crippen LogP contribution in [0.2, 0.25) is 0 Å². The molecule has 1 aliphatic heterocycles. The number of piperazine rings is 1. The Morgan fingerprint density at radius 1 is 1.00 bits per heavy atom. The van der Waals surface area contributed by atoms with Crippen LogP contribution in [0, 0.1) is 10.1 Å². The highest BCUT2D eigenvalue weighted by Crippen LogP contribution is 2.31. The first-order valence-electron chi connectivity index (χ1n) is 10.1. The van der Waals surface area contributed by atoms with E-state index in [2.05, 4.69) is 9.88 Å². The Balaban J connectivity index is 1.51. The molecule has 164 valence electrons. The number of carbonyl (C=O) groups excluding carboxylic acids is 2. The van der Waals surface area contributed by atoms with Gasteiger partial charge in [0.2, 0.25) is 11.7 Å². The van der Waals surface area contributed by atoms with Crippen LogP contribution in [0.5, 0.6) is 0 Å². The predicted octanol–water partition coefficient (Wildman–Crippen LogP) is 1.98. The van der Waals surface area contributed by atoms with Crippen LogP contribution in [0.15, 0.2) is 54.9 Å². The van der Waals surface area contributed by atoms with E-state index in [1.165, 1.54) is 12.3 Å². The van der Waals surface area contributed by atoms with E-state index in [1.807, 2.05) is 17.0 Å². The van der Waals surface area contributed by atoms with E-state index in [0.717, 1.165) is 5.69 Å². The molecule has 2 heterocycles. The zero-order valence-corrected chi connectivity index (χ0v) is 17.5. The number of imidazole rings is 1. The average molecular weight is 434 g/mol. The summed E-state index contributed by atoms with van der Waals surface area (Å²) in [6.45, 7) is 2.46. The Bertz CT molecular complexity index is 1180. The van der Waals surface area contributed by atoms with Gasteiger partial charge in [-0.25, -0.2) is 4.98 Å². The van der Waals surface area contributed by atoms with Crippen LogP contribution in [-0.4, -0.2) is 52.3 Å². The molecule has 1 aromatic heterocycles. The van der Waals surface area contributed by atoms with Gasteiger partial charge in [0, 0.05) is 68.5 Å². The summed E-state index contributed by atoms with van der Waals surface area (Å²) in [6, 6.07) is 11.6. The van der Waals surface area contributed by atoms with Gasteiger partial charge in [-0.1, -0.05) is 0 Å². The molecule has 1 saturated heterocycles. The second-order valence-electron chi connectivity index (χ2n) is 7.54. The number of carbonyl (C=O) groups is 2. The van der Waals surface area contributed by atoms with Crippen molar-refractivity contribution in [2.75, 3.05) is 36.0 Å². The minimum absolute atomic E-state index is 0.107. The van der Waals surface area contributed by atoms with Gasteiger partial charge in [-0.05, 0) is 36.4 Å². The number of anilines is 2. The van der Waals surface area contributed by atoms with Crippen LogP contribution in [0.25, 0.3) is 0 Å². The third kappa shape index (κ3) is 4.02. The summed E-state index contributed by atoms with van der Waals surface area (Å²) < 4.78 is 1.58. The SMILES string of the molecule is Cn1ccnc1C(=O)c1ccc(N2CCN(c3ccc(C(N)=O)cc3)CC2)c([N+](=O)[O-])c1. The molecule has 4 rings (SSSR count). The molecule has 1 fully saturated rings. The molecule has 2 N–H and O–H groups in total. The van der Waals surface area contributed by atoms with Crippen molar-refractivity contribution in [1.29, 1.82) is 0 Å². The van der Waals surface area contributed by atoms with Crippen LogP contribution < -0.4 is 15.5 Å². The van der Waals surface area contributed by atoms with Gasteiger partial charge in [-0.15, -0.1) is 0 Å². The number of nitrogens with zero attached hydrogens (tertiary/aromatic N) is 5. The molecule has 0 radical (unpaired) electrons. The molecule has 0 atom stereocenters. The Labute approximate surface area is 184 Å². The summed E-state index contributed by atoms with van der Waals surface area (Å²) >= 11 is 0. The van der Waals surface area contributed by atoms with Gasteiger partial charge in [0.25, 0.3) is 5.69 Å². The minimum atomic E-state index is -0.474. The summed E-state index contributed by atoms with van der Waals surface area (Å²) in [4.78, 5) is 43.4. The number of amides is 1. The summed E-state index contributed by atoms with van der Waals surface area (Å²) in [5, 5.41) is 11.8. The van der Waals surface area contributed by atoms with Gasteiger partial charge >= 0.3 is 0 Å². The molecule has 1 aliphatic rings. The molecule has 2 aromatic carbocycles. The second kappa shape index (κ2) is 8.50. The fourth-order valence-electron chi connectivity index (χ4n) is 3.83. The van der Waals surface area contributed by atoms with Crippen molar-refractivity contribution < 1.29 is 14.5 Å². The summed E-state index contributed by atoms with van der Waals surface area (Å²) in [7, 11) is 1.70. The molecule has 32 heavy (non-hydrogen) atoms. The van der Waals surface area contributed by atoms with Gasteiger partial charge < -0.3 is 20.1 Å². The first-order chi connectivity index (χ1) is 15.3. The fourth-order valence-corrected chi connectivity index (χ4v) is 3.83. The third-order valence-corrected chi connectivity index (χ3v) is 5.60. The van der Waals surface area contributed by atoms with Crippen molar-refractivity contribution in [3.05, 3.63) is 81.9 Å². The topological polar surface area (TPSA) is 128 Å². The second-order valence-corrected chi connectivity index (χ2v) is 7.54. The van der Waals surface area contributed by atoms with Crippen molar-refractivity contribution in [2.45, 2.75) is 0 Å². The molecular formula is C22H22N6O4. The summed E-state index contributed by atoms with van der Waals surface area (Å²) in [6.07, 6.45) is 3.16. The molecule has 0 saturated carbocycles. The Kier molecular flexibility index (Phi) is 5.59. The molecule has 10 heteroatoms. The van der Waals surface area contributed by atoms with Crippen LogP contribution in [0.4, 0.5) is 17.1 Å². The zero-order chi connectivity index (χ0) is 22.8. The lowest BCUT2D eigenvalue weighted by atomic mass is 10.1. The first kappa shape index (κ1) is 21.0. The maximum absolute atomic E-state index is 12.7. The van der Waals surface area contributed by atoms with E-state index in [4.69, 9.17) is 5.73 Å². The van der Waals surface area contributed by atoms with Gasteiger partial charge in [0.05, 0.1) is 4.92 Å². The quantitative estimate of drug-likeness (QED) is 0.357. The summed E-state index contributed by atoms with van der Waals surface area (Å²) in [5.41, 5.74) is 7.29. The largest absolute Gasteiger partial charge is 0.368 e. The monoisotopic (exact) mass is 434 g/mol. The molecule has 0 bridgehead atoms. The number of hydrogen-bond donors (Lipinski definition) is 1. The molecule has 1 amide bonds. The van der Waals surface area contributed by atoms with Crippen LogP contribution >= 0.6 is 0 Å². The maximum atomic E-state index is 12.7. The molecule has 0 aliphatic carbocycles. The molecule has 0 spiro atoms. The highest BCUT2D eigenvalue weighted by molar-refractivity contribution is 6.07. The number of benzene rings is 2. The lowest BCUT2D eigenvalue weighted by Gasteiger charge is -2.37. The van der Waals surface area contributed by atoms with Gasteiger partial charge in [0.15, 0.2) is 5.82 Å². The van der Waals surface area contributed by atoms with E-state index < -0.39 is 10.8 Å². The molecule has 3 aromatic rings. The Hall–Kier alpha value is -4.21. The number of ketones is 1. The van der Waals surface area contributed by atoms with Crippen molar-refractivity contribution in [3.63, 3.8) is 0 Å². The summed E-state index contributed by atoms with van der Waals surface area (Å²) in [5.74, 6) is -0.613. The minimum Gasteiger partial charge on any atom is -0.368 e. The smallest absolute Gasteiger partial charge is 0.293 e. The highest BCUT2D eigenvalue weighted by Gasteiger charge is 2.26. The van der Waals surface area contributed by atoms with E-state index in [0.29, 0.717) is 37.4 Å². The van der Waals surface area contributed by atoms with Crippen molar-refractivity contribution in [2.24, 2.45) is 12.8 Å². The van der Waals surface area contributed by atoms with E-state index >= 15 is 0 Å². The highest BCUT2D eigenvalue weighted by atomic mass is 16.6. The van der Waals surface area contributed by atoms with Crippen molar-refractivity contribution >= 4 is 28.8 Å². The Morgan fingerprint density at radius 2 is 1.62 bits per heavy atom. The molecule has 10 nitrogen and oxygen atoms in total. The van der Waals surface area contributed by atoms with Crippen LogP contribution in [-0.2, 0) is 7.05 Å². The normalized spacial score (nSPS) is 13.8. The Morgan fingerprint density at radius 3 is 2.19 bits per heavy atom. The van der Waals surface area contributed by atoms with Gasteiger partial charge in [-0.2, -0.15) is 0 Å². The number of hydrogen-bond acceptors (Lipinski definition) is 7. The number of rotatable bonds is 6. The van der Waals surface area contributed by atoms with E-state index in [1.54, 1.807) is 42.1 Å². The average Bonchev–Trinajstić information content (AvgIpc) is 3.24.